The summed E-state index contributed by atoms with van der Waals surface area (Å²) in [5.41, 5.74) is 3.56. The van der Waals surface area contributed by atoms with Gasteiger partial charge in [0, 0.05) is 20.0 Å². The molecule has 1 amide bonds. The Balaban J connectivity index is 1.41. The number of imidazole rings is 1. The first-order chi connectivity index (χ1) is 16.3. The number of fused-ring (bicyclic) bond motifs is 1. The average molecular weight is 481 g/mol. The Kier molecular flexibility index (Phi) is 7.04. The molecule has 4 aromatic rings. The van der Waals surface area contributed by atoms with Crippen molar-refractivity contribution in [1.29, 1.82) is 0 Å². The number of rotatable bonds is 9. The molecule has 176 valence electrons. The van der Waals surface area contributed by atoms with Crippen LogP contribution < -0.4 is 5.32 Å². The molecule has 0 saturated carbocycles. The summed E-state index contributed by atoms with van der Waals surface area (Å²) in [5.74, 6) is -0.691. The fraction of sp³-hybridized carbons (Fsp3) is 0.200. The van der Waals surface area contributed by atoms with Gasteiger partial charge in [-0.15, -0.1) is 0 Å². The molecule has 0 aliphatic rings. The lowest BCUT2D eigenvalue weighted by molar-refractivity contribution is -0.121. The second-order valence-corrected chi connectivity index (χ2v) is 10.0. The van der Waals surface area contributed by atoms with Gasteiger partial charge >= 0.3 is 0 Å². The molecule has 7 nitrogen and oxygen atoms in total. The van der Waals surface area contributed by atoms with Crippen LogP contribution in [0.15, 0.2) is 84.0 Å². The van der Waals surface area contributed by atoms with Crippen molar-refractivity contribution in [3.05, 3.63) is 96.1 Å². The third-order valence-corrected chi connectivity index (χ3v) is 7.49. The molecule has 1 atom stereocenters. The van der Waals surface area contributed by atoms with Crippen LogP contribution in [-0.4, -0.2) is 42.2 Å². The molecule has 0 aliphatic carbocycles. The van der Waals surface area contributed by atoms with Gasteiger partial charge in [0.2, 0.25) is 15.9 Å². The number of hydrogen-bond donors (Lipinski definition) is 2. The quantitative estimate of drug-likeness (QED) is 0.378. The number of nitrogens with one attached hydrogen (secondary N) is 2. The Morgan fingerprint density at radius 1 is 1.06 bits per heavy atom. The lowest BCUT2D eigenvalue weighted by Crippen LogP contribution is -2.31. The molecule has 9 heteroatoms. The molecule has 0 radical (unpaired) electrons. The van der Waals surface area contributed by atoms with E-state index in [1.165, 1.54) is 23.5 Å². The number of aromatic amines is 1. The fourth-order valence-electron chi connectivity index (χ4n) is 3.74. The molecule has 1 heterocycles. The van der Waals surface area contributed by atoms with Gasteiger partial charge in [0.15, 0.2) is 0 Å². The van der Waals surface area contributed by atoms with Crippen LogP contribution >= 0.6 is 0 Å². The van der Waals surface area contributed by atoms with Crippen molar-refractivity contribution in [3.8, 4) is 0 Å². The van der Waals surface area contributed by atoms with Gasteiger partial charge in [0.05, 0.1) is 28.3 Å². The van der Waals surface area contributed by atoms with Crippen LogP contribution in [0.2, 0.25) is 0 Å². The summed E-state index contributed by atoms with van der Waals surface area (Å²) >= 11 is 0. The van der Waals surface area contributed by atoms with Crippen LogP contribution in [-0.2, 0) is 14.8 Å². The molecule has 0 aliphatic heterocycles. The predicted molar refractivity (Wildman–Crippen MR) is 128 cm³/mol. The zero-order valence-corrected chi connectivity index (χ0v) is 19.4. The lowest BCUT2D eigenvalue weighted by Gasteiger charge is -2.21. The summed E-state index contributed by atoms with van der Waals surface area (Å²) in [6.07, 6.45) is 2.11. The van der Waals surface area contributed by atoms with E-state index in [9.17, 15) is 17.6 Å². The number of hydrogen-bond acceptors (Lipinski definition) is 4. The first kappa shape index (κ1) is 23.6. The van der Waals surface area contributed by atoms with Crippen molar-refractivity contribution < 1.29 is 17.6 Å². The highest BCUT2D eigenvalue weighted by atomic mass is 32.2. The number of carbonyl (C=O) groups is 1. The number of H-pyrrole nitrogens is 1. The van der Waals surface area contributed by atoms with Crippen molar-refractivity contribution in [3.63, 3.8) is 0 Å². The van der Waals surface area contributed by atoms with E-state index in [4.69, 9.17) is 0 Å². The minimum atomic E-state index is -3.75. The molecule has 2 N–H and O–H groups in total. The number of amides is 1. The maximum atomic E-state index is 13.1. The fourth-order valence-corrected chi connectivity index (χ4v) is 4.95. The summed E-state index contributed by atoms with van der Waals surface area (Å²) in [4.78, 5) is 20.2. The second-order valence-electron chi connectivity index (χ2n) is 7.97. The molecule has 1 aromatic heterocycles. The number of aromatic nitrogens is 2. The van der Waals surface area contributed by atoms with Crippen molar-refractivity contribution in [2.75, 3.05) is 13.6 Å². The molecular formula is C25H25FN4O3S. The SMILES string of the molecule is CN(CCCC(=O)N[C@H](c1ccccc1)c1ccc2nc[nH]c2c1)S(=O)(=O)c1ccc(F)cc1. The topological polar surface area (TPSA) is 95.2 Å². The molecule has 0 unspecified atom stereocenters. The van der Waals surface area contributed by atoms with Crippen LogP contribution in [0.5, 0.6) is 0 Å². The molecule has 3 aromatic carbocycles. The second kappa shape index (κ2) is 10.1. The van der Waals surface area contributed by atoms with E-state index < -0.39 is 15.8 Å². The van der Waals surface area contributed by atoms with Gasteiger partial charge in [-0.2, -0.15) is 0 Å². The minimum Gasteiger partial charge on any atom is -0.345 e. The van der Waals surface area contributed by atoms with Crippen LogP contribution in [0.3, 0.4) is 0 Å². The Bertz CT molecular complexity index is 1370. The normalized spacial score (nSPS) is 12.7. The molecule has 0 bridgehead atoms. The number of sulfonamides is 1. The molecule has 34 heavy (non-hydrogen) atoms. The molecule has 0 spiro atoms. The van der Waals surface area contributed by atoms with Crippen LogP contribution in [0.4, 0.5) is 4.39 Å². The standard InChI is InChI=1S/C25H25FN4O3S/c1-30(34(32,33)21-12-10-20(26)11-13-21)15-5-8-24(31)29-25(18-6-3-2-4-7-18)19-9-14-22-23(16-19)28-17-27-22/h2-4,6-7,9-14,16-17,25H,5,8,15H2,1H3,(H,27,28)(H,29,31)/t25-/m1/s1. The van der Waals surface area contributed by atoms with Crippen molar-refractivity contribution in [2.24, 2.45) is 0 Å². The largest absolute Gasteiger partial charge is 0.345 e. The molecule has 4 rings (SSSR count). The zero-order chi connectivity index (χ0) is 24.1. The summed E-state index contributed by atoms with van der Waals surface area (Å²) in [5, 5.41) is 3.07. The minimum absolute atomic E-state index is 0.0131. The first-order valence-corrected chi connectivity index (χ1v) is 12.3. The molecular weight excluding hydrogens is 455 g/mol. The monoisotopic (exact) mass is 480 g/mol. The number of benzene rings is 3. The van der Waals surface area contributed by atoms with Gasteiger partial charge in [0.1, 0.15) is 5.82 Å². The molecule has 0 saturated heterocycles. The third kappa shape index (κ3) is 5.32. The summed E-state index contributed by atoms with van der Waals surface area (Å²) in [6.45, 7) is 0.156. The summed E-state index contributed by atoms with van der Waals surface area (Å²) in [7, 11) is -2.31. The third-order valence-electron chi connectivity index (χ3n) is 5.61. The number of carbonyl (C=O) groups excluding carboxylic acids is 1. The highest BCUT2D eigenvalue weighted by Gasteiger charge is 2.22. The van der Waals surface area contributed by atoms with Crippen molar-refractivity contribution in [1.82, 2.24) is 19.6 Å². The summed E-state index contributed by atoms with van der Waals surface area (Å²) < 4.78 is 39.6. The Morgan fingerprint density at radius 2 is 1.79 bits per heavy atom. The maximum absolute atomic E-state index is 13.1. The smallest absolute Gasteiger partial charge is 0.242 e. The zero-order valence-electron chi connectivity index (χ0n) is 18.6. The van der Waals surface area contributed by atoms with E-state index in [2.05, 4.69) is 15.3 Å². The van der Waals surface area contributed by atoms with E-state index in [0.717, 1.165) is 34.3 Å². The van der Waals surface area contributed by atoms with E-state index >= 15 is 0 Å². The first-order valence-electron chi connectivity index (χ1n) is 10.8. The van der Waals surface area contributed by atoms with Crippen LogP contribution in [0.25, 0.3) is 11.0 Å². The molecule has 0 fully saturated rings. The van der Waals surface area contributed by atoms with Gasteiger partial charge in [-0.1, -0.05) is 36.4 Å². The Hall–Kier alpha value is -3.56. The maximum Gasteiger partial charge on any atom is 0.242 e. The van der Waals surface area contributed by atoms with E-state index in [0.29, 0.717) is 6.42 Å². The van der Waals surface area contributed by atoms with Gasteiger partial charge in [-0.25, -0.2) is 22.1 Å². The number of nitrogens with zero attached hydrogens (tertiary/aromatic N) is 2. The van der Waals surface area contributed by atoms with Gasteiger partial charge in [0.25, 0.3) is 0 Å². The lowest BCUT2D eigenvalue weighted by atomic mass is 9.98. The van der Waals surface area contributed by atoms with Gasteiger partial charge in [-0.05, 0) is 53.9 Å². The highest BCUT2D eigenvalue weighted by Crippen LogP contribution is 2.25. The predicted octanol–water partition coefficient (Wildman–Crippen LogP) is 4.01. The number of halogens is 1. The average Bonchev–Trinajstić information content (AvgIpc) is 3.31. The van der Waals surface area contributed by atoms with E-state index in [1.807, 2.05) is 48.5 Å². The Morgan fingerprint density at radius 3 is 2.53 bits per heavy atom. The highest BCUT2D eigenvalue weighted by molar-refractivity contribution is 7.89. The van der Waals surface area contributed by atoms with E-state index in [1.54, 1.807) is 6.33 Å². The van der Waals surface area contributed by atoms with Crippen LogP contribution in [0.1, 0.15) is 30.0 Å². The van der Waals surface area contributed by atoms with Crippen LogP contribution in [0, 0.1) is 5.82 Å². The Labute approximate surface area is 197 Å². The van der Waals surface area contributed by atoms with E-state index in [-0.39, 0.29) is 29.8 Å². The van der Waals surface area contributed by atoms with Gasteiger partial charge < -0.3 is 10.3 Å². The van der Waals surface area contributed by atoms with Gasteiger partial charge in [-0.3, -0.25) is 4.79 Å². The van der Waals surface area contributed by atoms with Crippen molar-refractivity contribution in [2.45, 2.75) is 23.8 Å². The van der Waals surface area contributed by atoms with Crippen molar-refractivity contribution >= 4 is 27.0 Å². The summed E-state index contributed by atoms with van der Waals surface area (Å²) in [6, 6.07) is 19.8.